The first-order chi connectivity index (χ1) is 10.2. The number of nitrogens with one attached hydrogen (secondary N) is 1. The Morgan fingerprint density at radius 1 is 1.24 bits per heavy atom. The second-order valence-corrected chi connectivity index (χ2v) is 5.80. The molecule has 1 aliphatic heterocycles. The SMILES string of the molecule is CCCN(C)C1(c2ccc(OC)c(OC)c2)CCCNC1. The summed E-state index contributed by atoms with van der Waals surface area (Å²) in [6.45, 7) is 5.42. The van der Waals surface area contributed by atoms with E-state index in [-0.39, 0.29) is 5.54 Å². The van der Waals surface area contributed by atoms with E-state index in [1.165, 1.54) is 18.4 Å². The molecule has 4 nitrogen and oxygen atoms in total. The van der Waals surface area contributed by atoms with Gasteiger partial charge in [-0.15, -0.1) is 0 Å². The van der Waals surface area contributed by atoms with Crippen LogP contribution in [0.1, 0.15) is 31.7 Å². The van der Waals surface area contributed by atoms with Gasteiger partial charge in [0.05, 0.1) is 19.8 Å². The fourth-order valence-corrected chi connectivity index (χ4v) is 3.36. The molecule has 0 aromatic heterocycles. The molecule has 21 heavy (non-hydrogen) atoms. The normalized spacial score (nSPS) is 22.3. The first-order valence-electron chi connectivity index (χ1n) is 7.82. The van der Waals surface area contributed by atoms with Crippen LogP contribution in [0.4, 0.5) is 0 Å². The Morgan fingerprint density at radius 3 is 2.57 bits per heavy atom. The number of methoxy groups -OCH3 is 2. The summed E-state index contributed by atoms with van der Waals surface area (Å²) in [6.07, 6.45) is 3.53. The highest BCUT2D eigenvalue weighted by Crippen LogP contribution is 2.38. The summed E-state index contributed by atoms with van der Waals surface area (Å²) >= 11 is 0. The Kier molecular flexibility index (Phi) is 5.48. The van der Waals surface area contributed by atoms with Crippen LogP contribution in [0.25, 0.3) is 0 Å². The van der Waals surface area contributed by atoms with Gasteiger partial charge in [-0.1, -0.05) is 13.0 Å². The van der Waals surface area contributed by atoms with Crippen LogP contribution in [0.15, 0.2) is 18.2 Å². The fraction of sp³-hybridized carbons (Fsp3) is 0.647. The van der Waals surface area contributed by atoms with Gasteiger partial charge in [-0.2, -0.15) is 0 Å². The second kappa shape index (κ2) is 7.14. The van der Waals surface area contributed by atoms with Gasteiger partial charge in [-0.05, 0) is 57.1 Å². The average molecular weight is 292 g/mol. The van der Waals surface area contributed by atoms with Crippen LogP contribution < -0.4 is 14.8 Å². The summed E-state index contributed by atoms with van der Waals surface area (Å²) in [5.41, 5.74) is 1.36. The molecule has 1 N–H and O–H groups in total. The second-order valence-electron chi connectivity index (χ2n) is 5.80. The van der Waals surface area contributed by atoms with Gasteiger partial charge in [-0.3, -0.25) is 4.90 Å². The number of piperidine rings is 1. The largest absolute Gasteiger partial charge is 0.493 e. The van der Waals surface area contributed by atoms with Gasteiger partial charge in [0.25, 0.3) is 0 Å². The zero-order chi connectivity index (χ0) is 15.3. The molecule has 2 rings (SSSR count). The highest BCUT2D eigenvalue weighted by Gasteiger charge is 2.37. The number of likely N-dealkylation sites (N-methyl/N-ethyl adjacent to an activating group) is 1. The molecule has 1 atom stereocenters. The molecule has 1 saturated heterocycles. The average Bonchev–Trinajstić information content (AvgIpc) is 2.55. The smallest absolute Gasteiger partial charge is 0.161 e. The van der Waals surface area contributed by atoms with Crippen molar-refractivity contribution in [3.63, 3.8) is 0 Å². The van der Waals surface area contributed by atoms with Gasteiger partial charge in [0.1, 0.15) is 0 Å². The fourth-order valence-electron chi connectivity index (χ4n) is 3.36. The van der Waals surface area contributed by atoms with Crippen molar-refractivity contribution < 1.29 is 9.47 Å². The highest BCUT2D eigenvalue weighted by molar-refractivity contribution is 5.45. The van der Waals surface area contributed by atoms with E-state index in [1.807, 2.05) is 6.07 Å². The Labute approximate surface area is 128 Å². The lowest BCUT2D eigenvalue weighted by Gasteiger charge is -2.45. The zero-order valence-electron chi connectivity index (χ0n) is 13.7. The van der Waals surface area contributed by atoms with Gasteiger partial charge in [-0.25, -0.2) is 0 Å². The highest BCUT2D eigenvalue weighted by atomic mass is 16.5. The molecule has 118 valence electrons. The van der Waals surface area contributed by atoms with Crippen LogP contribution in [0.5, 0.6) is 11.5 Å². The van der Waals surface area contributed by atoms with E-state index in [1.54, 1.807) is 14.2 Å². The van der Waals surface area contributed by atoms with Gasteiger partial charge < -0.3 is 14.8 Å². The maximum atomic E-state index is 5.49. The van der Waals surface area contributed by atoms with E-state index in [0.717, 1.165) is 37.6 Å². The lowest BCUT2D eigenvalue weighted by atomic mass is 9.81. The number of benzene rings is 1. The minimum Gasteiger partial charge on any atom is -0.493 e. The van der Waals surface area contributed by atoms with Crippen molar-refractivity contribution in [2.75, 3.05) is 40.9 Å². The van der Waals surface area contributed by atoms with Crippen molar-refractivity contribution in [1.82, 2.24) is 10.2 Å². The van der Waals surface area contributed by atoms with Crippen LogP contribution in [-0.4, -0.2) is 45.8 Å². The molecular weight excluding hydrogens is 264 g/mol. The maximum Gasteiger partial charge on any atom is 0.161 e. The third kappa shape index (κ3) is 3.16. The van der Waals surface area contributed by atoms with E-state index >= 15 is 0 Å². The number of nitrogens with zero attached hydrogens (tertiary/aromatic N) is 1. The molecule has 1 heterocycles. The summed E-state index contributed by atoms with van der Waals surface area (Å²) in [6, 6.07) is 6.34. The topological polar surface area (TPSA) is 33.7 Å². The summed E-state index contributed by atoms with van der Waals surface area (Å²) < 4.78 is 10.9. The predicted molar refractivity (Wildman–Crippen MR) is 86.2 cm³/mol. The quantitative estimate of drug-likeness (QED) is 0.874. The summed E-state index contributed by atoms with van der Waals surface area (Å²) in [4.78, 5) is 2.49. The van der Waals surface area contributed by atoms with Crippen LogP contribution in [0, 0.1) is 0 Å². The lowest BCUT2D eigenvalue weighted by molar-refractivity contribution is 0.0852. The standard InChI is InChI=1S/C17H28N2O2/c1-5-11-19(2)17(9-6-10-18-13-17)14-7-8-15(20-3)16(12-14)21-4/h7-8,12,18H,5-6,9-11,13H2,1-4H3. The number of ether oxygens (including phenoxy) is 2. The third-order valence-electron chi connectivity index (χ3n) is 4.57. The lowest BCUT2D eigenvalue weighted by Crippen LogP contribution is -2.54. The van der Waals surface area contributed by atoms with Crippen LogP contribution >= 0.6 is 0 Å². The maximum absolute atomic E-state index is 5.49. The van der Waals surface area contributed by atoms with Crippen LogP contribution in [0.3, 0.4) is 0 Å². The molecule has 1 aromatic rings. The molecule has 1 aliphatic rings. The van der Waals surface area contributed by atoms with E-state index in [9.17, 15) is 0 Å². The molecule has 0 aliphatic carbocycles. The van der Waals surface area contributed by atoms with E-state index in [4.69, 9.17) is 9.47 Å². The van der Waals surface area contributed by atoms with Crippen molar-refractivity contribution in [1.29, 1.82) is 0 Å². The van der Waals surface area contributed by atoms with Crippen molar-refractivity contribution in [3.8, 4) is 11.5 Å². The van der Waals surface area contributed by atoms with Crippen molar-refractivity contribution in [2.24, 2.45) is 0 Å². The van der Waals surface area contributed by atoms with Gasteiger partial charge in [0.2, 0.25) is 0 Å². The van der Waals surface area contributed by atoms with E-state index in [0.29, 0.717) is 0 Å². The Bertz CT molecular complexity index is 456. The number of hydrogen-bond acceptors (Lipinski definition) is 4. The first-order valence-corrected chi connectivity index (χ1v) is 7.82. The van der Waals surface area contributed by atoms with Crippen LogP contribution in [0.2, 0.25) is 0 Å². The van der Waals surface area contributed by atoms with Crippen molar-refractivity contribution >= 4 is 0 Å². The molecule has 1 aromatic carbocycles. The summed E-state index contributed by atoms with van der Waals surface area (Å²) in [5.74, 6) is 1.60. The predicted octanol–water partition coefficient (Wildman–Crippen LogP) is 2.62. The molecule has 0 amide bonds. The number of rotatable bonds is 6. The summed E-state index contributed by atoms with van der Waals surface area (Å²) in [7, 11) is 5.61. The van der Waals surface area contributed by atoms with Crippen LogP contribution in [-0.2, 0) is 5.54 Å². The zero-order valence-corrected chi connectivity index (χ0v) is 13.7. The molecule has 1 unspecified atom stereocenters. The third-order valence-corrected chi connectivity index (χ3v) is 4.57. The molecule has 0 saturated carbocycles. The minimum atomic E-state index is 0.0494. The Hall–Kier alpha value is -1.26. The number of hydrogen-bond donors (Lipinski definition) is 1. The van der Waals surface area contributed by atoms with E-state index in [2.05, 4.69) is 36.3 Å². The van der Waals surface area contributed by atoms with Crippen molar-refractivity contribution in [3.05, 3.63) is 23.8 Å². The molecule has 0 radical (unpaired) electrons. The van der Waals surface area contributed by atoms with Crippen molar-refractivity contribution in [2.45, 2.75) is 31.7 Å². The molecule has 4 heteroatoms. The van der Waals surface area contributed by atoms with E-state index < -0.39 is 0 Å². The Balaban J connectivity index is 2.41. The summed E-state index contributed by atoms with van der Waals surface area (Å²) in [5, 5.41) is 3.57. The minimum absolute atomic E-state index is 0.0494. The van der Waals surface area contributed by atoms with Gasteiger partial charge >= 0.3 is 0 Å². The monoisotopic (exact) mass is 292 g/mol. The molecule has 1 fully saturated rings. The Morgan fingerprint density at radius 2 is 2.00 bits per heavy atom. The molecule has 0 bridgehead atoms. The molecular formula is C17H28N2O2. The molecule has 0 spiro atoms. The first kappa shape index (κ1) is 16.1. The van der Waals surface area contributed by atoms with Gasteiger partial charge in [0, 0.05) is 6.54 Å². The van der Waals surface area contributed by atoms with Gasteiger partial charge in [0.15, 0.2) is 11.5 Å².